The van der Waals surface area contributed by atoms with Gasteiger partial charge in [0.2, 0.25) is 0 Å². The minimum absolute atomic E-state index is 0.0116. The van der Waals surface area contributed by atoms with Crippen molar-refractivity contribution in [2.24, 2.45) is 11.8 Å². The first-order valence-corrected chi connectivity index (χ1v) is 9.85. The van der Waals surface area contributed by atoms with Gasteiger partial charge in [-0.3, -0.25) is 4.79 Å². The maximum Gasteiger partial charge on any atom is 0.309 e. The van der Waals surface area contributed by atoms with E-state index in [4.69, 9.17) is 9.47 Å². The number of rotatable bonds is 8. The second kappa shape index (κ2) is 10.1. The smallest absolute Gasteiger partial charge is 0.309 e. The summed E-state index contributed by atoms with van der Waals surface area (Å²) in [4.78, 5) is 12.9. The molecule has 1 N–H and O–H groups in total. The van der Waals surface area contributed by atoms with Gasteiger partial charge in [-0.25, -0.2) is 0 Å². The summed E-state index contributed by atoms with van der Waals surface area (Å²) in [6, 6.07) is 17.6. The molecule has 0 saturated carbocycles. The van der Waals surface area contributed by atoms with Gasteiger partial charge in [-0.05, 0) is 54.4 Å². The molecule has 4 heteroatoms. The molecule has 0 radical (unpaired) electrons. The molecular formula is C24H28O4. The minimum Gasteiger partial charge on any atom is -0.497 e. The minimum atomic E-state index is -0.202. The normalized spacial score (nSPS) is 19.8. The number of hydrogen-bond acceptors (Lipinski definition) is 4. The van der Waals surface area contributed by atoms with E-state index in [1.54, 1.807) is 7.11 Å². The fourth-order valence-corrected chi connectivity index (χ4v) is 3.95. The number of carbonyl (C=O) groups is 1. The van der Waals surface area contributed by atoms with E-state index in [1.807, 2.05) is 54.6 Å². The second-order valence-electron chi connectivity index (χ2n) is 7.17. The highest BCUT2D eigenvalue weighted by Crippen LogP contribution is 2.39. The van der Waals surface area contributed by atoms with Crippen molar-refractivity contribution in [2.45, 2.75) is 31.8 Å². The molecule has 28 heavy (non-hydrogen) atoms. The van der Waals surface area contributed by atoms with Gasteiger partial charge in [0.15, 0.2) is 0 Å². The summed E-state index contributed by atoms with van der Waals surface area (Å²) in [5.74, 6) is 0.505. The van der Waals surface area contributed by atoms with Crippen LogP contribution in [-0.2, 0) is 16.1 Å². The molecule has 0 aliphatic heterocycles. The van der Waals surface area contributed by atoms with E-state index in [9.17, 15) is 9.90 Å². The summed E-state index contributed by atoms with van der Waals surface area (Å²) >= 11 is 0. The molecule has 3 unspecified atom stereocenters. The Morgan fingerprint density at radius 3 is 2.57 bits per heavy atom. The zero-order valence-electron chi connectivity index (χ0n) is 16.3. The average molecular weight is 380 g/mol. The van der Waals surface area contributed by atoms with Crippen LogP contribution in [0, 0.1) is 11.8 Å². The predicted octanol–water partition coefficient (Wildman–Crippen LogP) is 4.49. The highest BCUT2D eigenvalue weighted by molar-refractivity contribution is 5.73. The van der Waals surface area contributed by atoms with Gasteiger partial charge in [0.1, 0.15) is 12.4 Å². The lowest BCUT2D eigenvalue weighted by Crippen LogP contribution is -2.31. The van der Waals surface area contributed by atoms with Gasteiger partial charge in [-0.2, -0.15) is 0 Å². The fourth-order valence-electron chi connectivity index (χ4n) is 3.95. The maximum atomic E-state index is 12.9. The SMILES string of the molecule is COc1ccc(C(CCO)C2C=CCCC2C(=O)OCc2ccccc2)cc1. The topological polar surface area (TPSA) is 55.8 Å². The Bertz CT molecular complexity index is 767. The Kier molecular flexibility index (Phi) is 7.26. The highest BCUT2D eigenvalue weighted by Gasteiger charge is 2.35. The van der Waals surface area contributed by atoms with Crippen LogP contribution < -0.4 is 4.74 Å². The summed E-state index contributed by atoms with van der Waals surface area (Å²) in [6.07, 6.45) is 6.51. The van der Waals surface area contributed by atoms with E-state index in [0.717, 1.165) is 29.7 Å². The molecule has 1 aliphatic carbocycles. The molecule has 4 nitrogen and oxygen atoms in total. The standard InChI is InChI=1S/C24H28O4/c1-27-20-13-11-19(12-14-20)21(15-16-25)22-9-5-6-10-23(22)24(26)28-17-18-7-3-2-4-8-18/h2-5,7-9,11-14,21-23,25H,6,10,15-17H2,1H3. The number of esters is 1. The molecule has 0 bridgehead atoms. The van der Waals surface area contributed by atoms with Crippen LogP contribution in [0.1, 0.15) is 36.3 Å². The van der Waals surface area contributed by atoms with Crippen LogP contribution in [0.4, 0.5) is 0 Å². The monoisotopic (exact) mass is 380 g/mol. The molecule has 3 atom stereocenters. The van der Waals surface area contributed by atoms with Crippen molar-refractivity contribution in [3.05, 3.63) is 77.9 Å². The van der Waals surface area contributed by atoms with Crippen molar-refractivity contribution >= 4 is 5.97 Å². The maximum absolute atomic E-state index is 12.9. The second-order valence-corrected chi connectivity index (χ2v) is 7.17. The molecule has 0 saturated heterocycles. The molecule has 0 heterocycles. The van der Waals surface area contributed by atoms with E-state index >= 15 is 0 Å². The van der Waals surface area contributed by atoms with E-state index in [-0.39, 0.29) is 30.3 Å². The number of benzene rings is 2. The number of carbonyl (C=O) groups excluding carboxylic acids is 1. The molecule has 1 aliphatic rings. The van der Waals surface area contributed by atoms with Gasteiger partial charge in [0.05, 0.1) is 13.0 Å². The first kappa shape index (κ1) is 20.2. The Morgan fingerprint density at radius 2 is 1.89 bits per heavy atom. The lowest BCUT2D eigenvalue weighted by Gasteiger charge is -2.33. The van der Waals surface area contributed by atoms with Crippen LogP contribution in [0.25, 0.3) is 0 Å². The summed E-state index contributed by atoms with van der Waals surface area (Å²) in [6.45, 7) is 0.368. The Labute approximate surface area is 166 Å². The highest BCUT2D eigenvalue weighted by atomic mass is 16.5. The van der Waals surface area contributed by atoms with Gasteiger partial charge < -0.3 is 14.6 Å². The summed E-state index contributed by atoms with van der Waals surface area (Å²) in [5.41, 5.74) is 2.09. The largest absolute Gasteiger partial charge is 0.497 e. The van der Waals surface area contributed by atoms with Crippen LogP contribution in [0.3, 0.4) is 0 Å². The average Bonchev–Trinajstić information content (AvgIpc) is 2.77. The van der Waals surface area contributed by atoms with Crippen LogP contribution >= 0.6 is 0 Å². The van der Waals surface area contributed by atoms with Crippen LogP contribution in [0.2, 0.25) is 0 Å². The van der Waals surface area contributed by atoms with Crippen molar-refractivity contribution in [3.63, 3.8) is 0 Å². The van der Waals surface area contributed by atoms with Gasteiger partial charge in [-0.1, -0.05) is 54.6 Å². The molecule has 0 spiro atoms. The lowest BCUT2D eigenvalue weighted by atomic mass is 9.72. The Morgan fingerprint density at radius 1 is 1.14 bits per heavy atom. The van der Waals surface area contributed by atoms with Crippen molar-refractivity contribution in [1.29, 1.82) is 0 Å². The number of ether oxygens (including phenoxy) is 2. The quantitative estimate of drug-likeness (QED) is 0.542. The van der Waals surface area contributed by atoms with Crippen molar-refractivity contribution < 1.29 is 19.4 Å². The molecule has 2 aromatic rings. The van der Waals surface area contributed by atoms with Crippen LogP contribution in [0.15, 0.2) is 66.7 Å². The molecule has 2 aromatic carbocycles. The number of aliphatic hydroxyl groups is 1. The number of hydrogen-bond donors (Lipinski definition) is 1. The lowest BCUT2D eigenvalue weighted by molar-refractivity contribution is -0.152. The van der Waals surface area contributed by atoms with Gasteiger partial charge in [0, 0.05) is 6.61 Å². The molecule has 0 amide bonds. The van der Waals surface area contributed by atoms with Crippen LogP contribution in [-0.4, -0.2) is 24.8 Å². The number of aliphatic hydroxyl groups excluding tert-OH is 1. The van der Waals surface area contributed by atoms with Crippen molar-refractivity contribution in [1.82, 2.24) is 0 Å². The Hall–Kier alpha value is -2.59. The molecule has 0 fully saturated rings. The van der Waals surface area contributed by atoms with E-state index < -0.39 is 0 Å². The zero-order valence-corrected chi connectivity index (χ0v) is 16.3. The zero-order chi connectivity index (χ0) is 19.8. The molecular weight excluding hydrogens is 352 g/mol. The Balaban J connectivity index is 1.75. The fraction of sp³-hybridized carbons (Fsp3) is 0.375. The van der Waals surface area contributed by atoms with Crippen LogP contribution in [0.5, 0.6) is 5.75 Å². The third-order valence-corrected chi connectivity index (χ3v) is 5.44. The van der Waals surface area contributed by atoms with Gasteiger partial charge in [0.25, 0.3) is 0 Å². The molecule has 3 rings (SSSR count). The molecule has 0 aromatic heterocycles. The third-order valence-electron chi connectivity index (χ3n) is 5.44. The first-order valence-electron chi connectivity index (χ1n) is 9.85. The third kappa shape index (κ3) is 5.02. The summed E-state index contributed by atoms with van der Waals surface area (Å²) in [7, 11) is 1.64. The van der Waals surface area contributed by atoms with Gasteiger partial charge >= 0.3 is 5.97 Å². The predicted molar refractivity (Wildman–Crippen MR) is 109 cm³/mol. The van der Waals surface area contributed by atoms with Gasteiger partial charge in [-0.15, -0.1) is 0 Å². The van der Waals surface area contributed by atoms with E-state index in [0.29, 0.717) is 13.0 Å². The van der Waals surface area contributed by atoms with E-state index in [1.165, 1.54) is 0 Å². The number of methoxy groups -OCH3 is 1. The van der Waals surface area contributed by atoms with E-state index in [2.05, 4.69) is 12.2 Å². The summed E-state index contributed by atoms with van der Waals surface area (Å²) < 4.78 is 10.9. The number of allylic oxidation sites excluding steroid dienone is 2. The first-order chi connectivity index (χ1) is 13.7. The van der Waals surface area contributed by atoms with Crippen molar-refractivity contribution in [2.75, 3.05) is 13.7 Å². The van der Waals surface area contributed by atoms with Crippen molar-refractivity contribution in [3.8, 4) is 5.75 Å². The summed E-state index contributed by atoms with van der Waals surface area (Å²) in [5, 5.41) is 9.64. The molecule has 148 valence electrons.